The SMILES string of the molecule is COC(=O)Cc1nc2c(s1)-c1c(c(-c3ccc(C)nc3)nn1-c1ccccc1C)CCC2. The van der Waals surface area contributed by atoms with Crippen LogP contribution in [0.5, 0.6) is 0 Å². The molecule has 3 aromatic heterocycles. The summed E-state index contributed by atoms with van der Waals surface area (Å²) in [6.07, 6.45) is 4.87. The number of benzene rings is 1. The fourth-order valence-electron chi connectivity index (χ4n) is 4.19. The van der Waals surface area contributed by atoms with Crippen LogP contribution in [0.4, 0.5) is 0 Å². The molecule has 4 aromatic rings. The summed E-state index contributed by atoms with van der Waals surface area (Å²) in [6, 6.07) is 12.4. The number of nitrogens with zero attached hydrogens (tertiary/aromatic N) is 4. The third kappa shape index (κ3) is 3.62. The lowest BCUT2D eigenvalue weighted by atomic mass is 10.0. The summed E-state index contributed by atoms with van der Waals surface area (Å²) in [5, 5.41) is 5.90. The number of thiazole rings is 1. The van der Waals surface area contributed by atoms with Crippen molar-refractivity contribution in [1.29, 1.82) is 0 Å². The van der Waals surface area contributed by atoms with Gasteiger partial charge in [-0.3, -0.25) is 9.78 Å². The van der Waals surface area contributed by atoms with Crippen LogP contribution < -0.4 is 0 Å². The molecular formula is C25H24N4O2S. The van der Waals surface area contributed by atoms with E-state index < -0.39 is 0 Å². The highest BCUT2D eigenvalue weighted by molar-refractivity contribution is 7.15. The average molecular weight is 445 g/mol. The minimum Gasteiger partial charge on any atom is -0.469 e. The second-order valence-corrected chi connectivity index (χ2v) is 9.14. The van der Waals surface area contributed by atoms with Crippen molar-refractivity contribution in [2.75, 3.05) is 7.11 Å². The summed E-state index contributed by atoms with van der Waals surface area (Å²) in [6.45, 7) is 4.09. The number of pyridine rings is 1. The zero-order valence-corrected chi connectivity index (χ0v) is 19.2. The summed E-state index contributed by atoms with van der Waals surface area (Å²) in [4.78, 5) is 22.3. The lowest BCUT2D eigenvalue weighted by Gasteiger charge is -2.10. The van der Waals surface area contributed by atoms with Crippen molar-refractivity contribution in [3.63, 3.8) is 0 Å². The van der Waals surface area contributed by atoms with E-state index >= 15 is 0 Å². The van der Waals surface area contributed by atoms with Crippen LogP contribution in [0.3, 0.4) is 0 Å². The Hall–Kier alpha value is -3.32. The van der Waals surface area contributed by atoms with Gasteiger partial charge in [0, 0.05) is 23.0 Å². The number of aromatic nitrogens is 4. The number of rotatable bonds is 4. The number of ether oxygens (including phenoxy) is 1. The second kappa shape index (κ2) is 8.31. The molecule has 0 saturated heterocycles. The van der Waals surface area contributed by atoms with Crippen molar-refractivity contribution in [1.82, 2.24) is 19.7 Å². The van der Waals surface area contributed by atoms with E-state index in [1.54, 1.807) is 11.3 Å². The molecule has 0 amide bonds. The second-order valence-electron chi connectivity index (χ2n) is 8.05. The smallest absolute Gasteiger partial charge is 0.312 e. The van der Waals surface area contributed by atoms with Gasteiger partial charge >= 0.3 is 5.97 Å². The van der Waals surface area contributed by atoms with E-state index in [0.717, 1.165) is 68.7 Å². The molecule has 0 fully saturated rings. The number of fused-ring (bicyclic) bond motifs is 3. The van der Waals surface area contributed by atoms with Crippen LogP contribution in [-0.4, -0.2) is 32.8 Å². The van der Waals surface area contributed by atoms with Crippen LogP contribution in [0.1, 0.15) is 33.9 Å². The first-order valence-electron chi connectivity index (χ1n) is 10.7. The zero-order chi connectivity index (χ0) is 22.2. The molecule has 3 heterocycles. The van der Waals surface area contributed by atoms with Gasteiger partial charge in [-0.1, -0.05) is 18.2 Å². The molecule has 1 aromatic carbocycles. The Morgan fingerprint density at radius 2 is 2.00 bits per heavy atom. The number of carbonyl (C=O) groups excluding carboxylic acids is 1. The van der Waals surface area contributed by atoms with Gasteiger partial charge < -0.3 is 4.74 Å². The van der Waals surface area contributed by atoms with Crippen molar-refractivity contribution in [3.8, 4) is 27.5 Å². The van der Waals surface area contributed by atoms with Gasteiger partial charge in [-0.15, -0.1) is 11.3 Å². The van der Waals surface area contributed by atoms with Crippen LogP contribution in [0.15, 0.2) is 42.6 Å². The first-order chi connectivity index (χ1) is 15.5. The number of hydrogen-bond donors (Lipinski definition) is 0. The Morgan fingerprint density at radius 3 is 2.75 bits per heavy atom. The molecule has 0 spiro atoms. The molecular weight excluding hydrogens is 420 g/mol. The molecule has 0 saturated carbocycles. The summed E-state index contributed by atoms with van der Waals surface area (Å²) in [7, 11) is 1.41. The maximum atomic E-state index is 11.9. The van der Waals surface area contributed by atoms with Crippen LogP contribution in [0, 0.1) is 13.8 Å². The fourth-order valence-corrected chi connectivity index (χ4v) is 5.35. The third-order valence-corrected chi connectivity index (χ3v) is 6.94. The third-order valence-electron chi connectivity index (χ3n) is 5.83. The molecule has 0 N–H and O–H groups in total. The molecule has 0 radical (unpaired) electrons. The van der Waals surface area contributed by atoms with Gasteiger partial charge in [-0.25, -0.2) is 9.67 Å². The molecule has 1 aliphatic rings. The number of aryl methyl sites for hydroxylation is 3. The van der Waals surface area contributed by atoms with Crippen molar-refractivity contribution in [2.45, 2.75) is 39.5 Å². The van der Waals surface area contributed by atoms with E-state index in [4.69, 9.17) is 14.8 Å². The van der Waals surface area contributed by atoms with Gasteiger partial charge in [0.2, 0.25) is 0 Å². The predicted molar refractivity (Wildman–Crippen MR) is 125 cm³/mol. The first kappa shape index (κ1) is 20.6. The molecule has 0 unspecified atom stereocenters. The Bertz CT molecular complexity index is 1300. The molecule has 162 valence electrons. The first-order valence-corrected chi connectivity index (χ1v) is 11.5. The lowest BCUT2D eigenvalue weighted by Crippen LogP contribution is -2.04. The monoisotopic (exact) mass is 444 g/mol. The summed E-state index contributed by atoms with van der Waals surface area (Å²) in [5.41, 5.74) is 8.49. The average Bonchev–Trinajstić information content (AvgIpc) is 3.31. The van der Waals surface area contributed by atoms with E-state index in [-0.39, 0.29) is 12.4 Å². The number of methoxy groups -OCH3 is 1. The van der Waals surface area contributed by atoms with E-state index in [1.807, 2.05) is 31.3 Å². The highest BCUT2D eigenvalue weighted by Crippen LogP contribution is 2.42. The van der Waals surface area contributed by atoms with Gasteiger partial charge in [0.05, 0.1) is 41.2 Å². The van der Waals surface area contributed by atoms with Crippen LogP contribution in [0.25, 0.3) is 27.5 Å². The molecule has 7 heteroatoms. The number of esters is 1. The van der Waals surface area contributed by atoms with Gasteiger partial charge in [-0.2, -0.15) is 5.10 Å². The number of para-hydroxylation sites is 1. The van der Waals surface area contributed by atoms with E-state index in [1.165, 1.54) is 12.7 Å². The van der Waals surface area contributed by atoms with E-state index in [2.05, 4.69) is 34.8 Å². The number of carbonyl (C=O) groups is 1. The van der Waals surface area contributed by atoms with Crippen molar-refractivity contribution >= 4 is 17.3 Å². The Morgan fingerprint density at radius 1 is 1.16 bits per heavy atom. The Balaban J connectivity index is 1.75. The largest absolute Gasteiger partial charge is 0.469 e. The van der Waals surface area contributed by atoms with Gasteiger partial charge in [-0.05, 0) is 56.9 Å². The molecule has 6 nitrogen and oxygen atoms in total. The maximum Gasteiger partial charge on any atom is 0.312 e. The standard InChI is InChI=1S/C25H24N4O2S/c1-15-7-4-5-10-20(15)29-24-18(23(28-29)17-12-11-16(2)26-14-17)8-6-9-19-25(24)32-21(27-19)13-22(30)31-3/h4-5,7,10-12,14H,6,8-9,13H2,1-3H3. The molecule has 5 rings (SSSR count). The lowest BCUT2D eigenvalue weighted by molar-refractivity contribution is -0.139. The van der Waals surface area contributed by atoms with Gasteiger partial charge in [0.25, 0.3) is 0 Å². The molecule has 1 aliphatic carbocycles. The minimum atomic E-state index is -0.270. The van der Waals surface area contributed by atoms with Crippen LogP contribution in [-0.2, 0) is 28.8 Å². The van der Waals surface area contributed by atoms with E-state index in [0.29, 0.717) is 0 Å². The minimum absolute atomic E-state index is 0.191. The normalized spacial score (nSPS) is 12.7. The maximum absolute atomic E-state index is 11.9. The Labute approximate surface area is 190 Å². The molecule has 32 heavy (non-hydrogen) atoms. The van der Waals surface area contributed by atoms with Crippen molar-refractivity contribution in [3.05, 3.63) is 70.1 Å². The molecule has 0 atom stereocenters. The van der Waals surface area contributed by atoms with Gasteiger partial charge in [0.1, 0.15) is 5.01 Å². The summed E-state index contributed by atoms with van der Waals surface area (Å²) >= 11 is 1.57. The quantitative estimate of drug-likeness (QED) is 0.420. The summed E-state index contributed by atoms with van der Waals surface area (Å²) in [5.74, 6) is -0.270. The number of hydrogen-bond acceptors (Lipinski definition) is 6. The molecule has 0 bridgehead atoms. The topological polar surface area (TPSA) is 69.9 Å². The van der Waals surface area contributed by atoms with Crippen LogP contribution in [0.2, 0.25) is 0 Å². The molecule has 0 aliphatic heterocycles. The predicted octanol–water partition coefficient (Wildman–Crippen LogP) is 4.88. The van der Waals surface area contributed by atoms with Crippen molar-refractivity contribution in [2.24, 2.45) is 0 Å². The highest BCUT2D eigenvalue weighted by atomic mass is 32.1. The van der Waals surface area contributed by atoms with E-state index in [9.17, 15) is 4.79 Å². The van der Waals surface area contributed by atoms with Gasteiger partial charge in [0.15, 0.2) is 0 Å². The van der Waals surface area contributed by atoms with Crippen LogP contribution >= 0.6 is 11.3 Å². The highest BCUT2D eigenvalue weighted by Gasteiger charge is 2.29. The zero-order valence-electron chi connectivity index (χ0n) is 18.4. The fraction of sp³-hybridized carbons (Fsp3) is 0.280. The Kier molecular flexibility index (Phi) is 5.35. The van der Waals surface area contributed by atoms with Crippen molar-refractivity contribution < 1.29 is 9.53 Å². The summed E-state index contributed by atoms with van der Waals surface area (Å²) < 4.78 is 6.92.